The fourth-order valence-electron chi connectivity index (χ4n) is 2.12. The molecule has 6 heteroatoms. The average Bonchev–Trinajstić information content (AvgIpc) is 2.40. The second-order valence-corrected chi connectivity index (χ2v) is 5.21. The van der Waals surface area contributed by atoms with Gasteiger partial charge >= 0.3 is 0 Å². The predicted octanol–water partition coefficient (Wildman–Crippen LogP) is 0.614. The van der Waals surface area contributed by atoms with Crippen LogP contribution in [0.5, 0.6) is 0 Å². The number of nitrogens with zero attached hydrogens (tertiary/aromatic N) is 3. The minimum atomic E-state index is 0.471. The highest BCUT2D eigenvalue weighted by Gasteiger charge is 2.12. The fraction of sp³-hybridized carbons (Fsp3) is 0.692. The Labute approximate surface area is 115 Å². The van der Waals surface area contributed by atoms with Gasteiger partial charge in [0, 0.05) is 31.7 Å². The number of rotatable bonds is 6. The van der Waals surface area contributed by atoms with Crippen LogP contribution in [-0.2, 0) is 0 Å². The Morgan fingerprint density at radius 1 is 1.37 bits per heavy atom. The zero-order valence-corrected chi connectivity index (χ0v) is 11.8. The Kier molecular flexibility index (Phi) is 5.35. The Bertz CT molecular complexity index is 375. The van der Waals surface area contributed by atoms with Crippen LogP contribution < -0.4 is 16.0 Å². The molecule has 0 aliphatic carbocycles. The summed E-state index contributed by atoms with van der Waals surface area (Å²) in [7, 11) is 4.12. The van der Waals surface area contributed by atoms with Gasteiger partial charge in [0.25, 0.3) is 0 Å². The maximum Gasteiger partial charge on any atom is 0.131 e. The summed E-state index contributed by atoms with van der Waals surface area (Å²) in [6.45, 7) is 4.00. The van der Waals surface area contributed by atoms with Gasteiger partial charge in [-0.1, -0.05) is 0 Å². The zero-order chi connectivity index (χ0) is 13.5. The number of hydrogen-bond donors (Lipinski definition) is 3. The second kappa shape index (κ2) is 7.25. The van der Waals surface area contributed by atoms with Crippen molar-refractivity contribution in [1.82, 2.24) is 20.2 Å². The van der Waals surface area contributed by atoms with Crippen LogP contribution in [0.3, 0.4) is 0 Å². The molecule has 1 fully saturated rings. The normalized spacial score (nSPS) is 19.4. The fourth-order valence-corrected chi connectivity index (χ4v) is 2.12. The van der Waals surface area contributed by atoms with Crippen LogP contribution in [0.2, 0.25) is 0 Å². The van der Waals surface area contributed by atoms with E-state index >= 15 is 0 Å². The first-order valence-electron chi connectivity index (χ1n) is 6.92. The average molecular weight is 264 g/mol. The number of likely N-dealkylation sites (N-methyl/N-ethyl adjacent to an activating group) is 1. The molecular weight excluding hydrogens is 240 g/mol. The van der Waals surface area contributed by atoms with Gasteiger partial charge in [-0.25, -0.2) is 9.97 Å². The molecule has 0 amide bonds. The summed E-state index contributed by atoms with van der Waals surface area (Å²) < 4.78 is 0. The number of nitrogens with one attached hydrogen (secondary N) is 3. The van der Waals surface area contributed by atoms with Gasteiger partial charge in [-0.15, -0.1) is 0 Å². The van der Waals surface area contributed by atoms with Crippen LogP contribution in [0.25, 0.3) is 0 Å². The second-order valence-electron chi connectivity index (χ2n) is 5.21. The third kappa shape index (κ3) is 5.00. The molecule has 2 heterocycles. The Balaban J connectivity index is 1.83. The Morgan fingerprint density at radius 2 is 2.21 bits per heavy atom. The van der Waals surface area contributed by atoms with Gasteiger partial charge < -0.3 is 20.9 Å². The van der Waals surface area contributed by atoms with Crippen molar-refractivity contribution in [3.63, 3.8) is 0 Å². The van der Waals surface area contributed by atoms with E-state index in [1.54, 1.807) is 6.33 Å². The summed E-state index contributed by atoms with van der Waals surface area (Å²) in [5.41, 5.74) is 0. The van der Waals surface area contributed by atoms with E-state index in [4.69, 9.17) is 0 Å². The van der Waals surface area contributed by atoms with Crippen LogP contribution in [-0.4, -0.2) is 61.2 Å². The summed E-state index contributed by atoms with van der Waals surface area (Å²) in [6.07, 6.45) is 4.02. The summed E-state index contributed by atoms with van der Waals surface area (Å²) in [6, 6.07) is 2.45. The van der Waals surface area contributed by atoms with Crippen molar-refractivity contribution in [1.29, 1.82) is 0 Å². The largest absolute Gasteiger partial charge is 0.369 e. The molecule has 0 spiro atoms. The van der Waals surface area contributed by atoms with Crippen LogP contribution in [0.1, 0.15) is 12.8 Å². The van der Waals surface area contributed by atoms with Crippen LogP contribution >= 0.6 is 0 Å². The van der Waals surface area contributed by atoms with Crippen molar-refractivity contribution in [3.8, 4) is 0 Å². The molecule has 1 aliphatic rings. The summed E-state index contributed by atoms with van der Waals surface area (Å²) in [4.78, 5) is 10.6. The Hall–Kier alpha value is -1.40. The van der Waals surface area contributed by atoms with E-state index in [-0.39, 0.29) is 0 Å². The lowest BCUT2D eigenvalue weighted by molar-refractivity contribution is 0.425. The minimum Gasteiger partial charge on any atom is -0.369 e. The summed E-state index contributed by atoms with van der Waals surface area (Å²) in [5.74, 6) is 1.78. The lowest BCUT2D eigenvalue weighted by Gasteiger charge is -2.24. The molecule has 1 saturated heterocycles. The number of aromatic nitrogens is 2. The van der Waals surface area contributed by atoms with Gasteiger partial charge in [-0.3, -0.25) is 0 Å². The smallest absolute Gasteiger partial charge is 0.131 e. The molecule has 1 aromatic heterocycles. The molecule has 19 heavy (non-hydrogen) atoms. The van der Waals surface area contributed by atoms with Gasteiger partial charge in [0.15, 0.2) is 0 Å². The molecule has 0 saturated carbocycles. The molecule has 1 atom stereocenters. The molecule has 106 valence electrons. The van der Waals surface area contributed by atoms with Crippen molar-refractivity contribution >= 4 is 11.6 Å². The minimum absolute atomic E-state index is 0.471. The maximum atomic E-state index is 4.28. The zero-order valence-electron chi connectivity index (χ0n) is 11.8. The van der Waals surface area contributed by atoms with E-state index in [1.165, 1.54) is 12.8 Å². The molecule has 2 rings (SSSR count). The highest BCUT2D eigenvalue weighted by Crippen LogP contribution is 2.12. The van der Waals surface area contributed by atoms with Crippen molar-refractivity contribution in [3.05, 3.63) is 12.4 Å². The first-order valence-corrected chi connectivity index (χ1v) is 6.92. The number of piperidine rings is 1. The van der Waals surface area contributed by atoms with Gasteiger partial charge in [0.2, 0.25) is 0 Å². The van der Waals surface area contributed by atoms with E-state index in [2.05, 4.69) is 44.9 Å². The van der Waals surface area contributed by atoms with Crippen LogP contribution in [0, 0.1) is 0 Å². The first-order chi connectivity index (χ1) is 9.24. The van der Waals surface area contributed by atoms with Gasteiger partial charge in [-0.05, 0) is 33.5 Å². The molecule has 3 N–H and O–H groups in total. The molecular formula is C13H24N6. The number of anilines is 2. The van der Waals surface area contributed by atoms with E-state index in [0.29, 0.717) is 6.04 Å². The van der Waals surface area contributed by atoms with E-state index in [1.807, 2.05) is 6.07 Å². The van der Waals surface area contributed by atoms with E-state index in [0.717, 1.165) is 37.8 Å². The predicted molar refractivity (Wildman–Crippen MR) is 78.6 cm³/mol. The van der Waals surface area contributed by atoms with Crippen molar-refractivity contribution < 1.29 is 0 Å². The van der Waals surface area contributed by atoms with Crippen molar-refractivity contribution in [2.75, 3.05) is 50.9 Å². The van der Waals surface area contributed by atoms with Crippen LogP contribution in [0.15, 0.2) is 12.4 Å². The van der Waals surface area contributed by atoms with Crippen molar-refractivity contribution in [2.45, 2.75) is 18.9 Å². The van der Waals surface area contributed by atoms with Gasteiger partial charge in [0.1, 0.15) is 18.0 Å². The van der Waals surface area contributed by atoms with E-state index in [9.17, 15) is 0 Å². The molecule has 1 aromatic rings. The Morgan fingerprint density at radius 3 is 2.95 bits per heavy atom. The third-order valence-corrected chi connectivity index (χ3v) is 3.18. The van der Waals surface area contributed by atoms with Gasteiger partial charge in [0.05, 0.1) is 0 Å². The monoisotopic (exact) mass is 264 g/mol. The molecule has 0 bridgehead atoms. The molecule has 1 unspecified atom stereocenters. The topological polar surface area (TPSA) is 65.1 Å². The SMILES string of the molecule is CN(C)CCNc1cc(NC2CCCNC2)ncn1. The molecule has 0 aromatic carbocycles. The lowest BCUT2D eigenvalue weighted by atomic mass is 10.1. The number of hydrogen-bond acceptors (Lipinski definition) is 6. The van der Waals surface area contributed by atoms with E-state index < -0.39 is 0 Å². The lowest BCUT2D eigenvalue weighted by Crippen LogP contribution is -2.38. The summed E-state index contributed by atoms with van der Waals surface area (Å²) >= 11 is 0. The molecule has 6 nitrogen and oxygen atoms in total. The standard InChI is InChI=1S/C13H24N6/c1-19(2)7-6-15-12-8-13(17-10-16-12)18-11-4-3-5-14-9-11/h8,10-11,14H,3-7,9H2,1-2H3,(H2,15,16,17,18). The van der Waals surface area contributed by atoms with Crippen LogP contribution in [0.4, 0.5) is 11.6 Å². The highest BCUT2D eigenvalue weighted by atomic mass is 15.1. The quantitative estimate of drug-likeness (QED) is 0.700. The molecule has 0 radical (unpaired) electrons. The first kappa shape index (κ1) is 14.0. The molecule has 1 aliphatic heterocycles. The maximum absolute atomic E-state index is 4.28. The third-order valence-electron chi connectivity index (χ3n) is 3.18. The summed E-state index contributed by atoms with van der Waals surface area (Å²) in [5, 5.41) is 10.2. The van der Waals surface area contributed by atoms with Crippen molar-refractivity contribution in [2.24, 2.45) is 0 Å². The highest BCUT2D eigenvalue weighted by molar-refractivity contribution is 5.47. The van der Waals surface area contributed by atoms with Gasteiger partial charge in [-0.2, -0.15) is 0 Å².